The van der Waals surface area contributed by atoms with Crippen LogP contribution in [0.2, 0.25) is 0 Å². The van der Waals surface area contributed by atoms with Gasteiger partial charge in [0, 0.05) is 30.9 Å². The van der Waals surface area contributed by atoms with Gasteiger partial charge in [0.2, 0.25) is 5.91 Å². The van der Waals surface area contributed by atoms with E-state index in [0.717, 1.165) is 64.9 Å². The Balaban J connectivity index is 1.22. The second-order valence-electron chi connectivity index (χ2n) is 9.33. The first-order chi connectivity index (χ1) is 17.6. The van der Waals surface area contributed by atoms with Crippen LogP contribution in [0.3, 0.4) is 0 Å². The highest BCUT2D eigenvalue weighted by Gasteiger charge is 2.26. The standard InChI is InChI=1S/C27H28N6O3/c1-3-10-33-22(11-16(2)32-33)21-14-29-26(30-21)18-12-17-13-19(4-6-23(17)35-15-18)36-24-8-9-28-27-20(24)5-7-25(34)31-27/h4,6,8-9,11,13-14,18H,3,5,7,10,12,15H2,1-2H3,(H,29,30)(H,28,31,34). The molecule has 2 aliphatic rings. The van der Waals surface area contributed by atoms with Crippen molar-refractivity contribution >= 4 is 11.7 Å². The summed E-state index contributed by atoms with van der Waals surface area (Å²) in [6.07, 6.45) is 6.45. The molecule has 0 saturated heterocycles. The highest BCUT2D eigenvalue weighted by molar-refractivity contribution is 5.93. The number of hydrogen-bond donors (Lipinski definition) is 2. The Bertz CT molecular complexity index is 1440. The third-order valence-corrected chi connectivity index (χ3v) is 6.62. The number of aromatic nitrogens is 5. The van der Waals surface area contributed by atoms with E-state index in [4.69, 9.17) is 14.5 Å². The zero-order chi connectivity index (χ0) is 24.6. The van der Waals surface area contributed by atoms with Gasteiger partial charge in [0.25, 0.3) is 0 Å². The molecule has 3 aromatic heterocycles. The van der Waals surface area contributed by atoms with E-state index in [0.29, 0.717) is 31.0 Å². The number of fused-ring (bicyclic) bond motifs is 2. The Hall–Kier alpha value is -4.14. The summed E-state index contributed by atoms with van der Waals surface area (Å²) in [5, 5.41) is 7.42. The summed E-state index contributed by atoms with van der Waals surface area (Å²) in [6, 6.07) is 9.81. The fourth-order valence-corrected chi connectivity index (χ4v) is 4.90. The summed E-state index contributed by atoms with van der Waals surface area (Å²) in [4.78, 5) is 24.3. The molecule has 9 heteroatoms. The number of rotatable bonds is 6. The van der Waals surface area contributed by atoms with Crippen molar-refractivity contribution in [1.29, 1.82) is 0 Å². The maximum absolute atomic E-state index is 11.7. The minimum atomic E-state index is -0.0184. The predicted molar refractivity (Wildman–Crippen MR) is 134 cm³/mol. The Labute approximate surface area is 208 Å². The number of nitrogens with one attached hydrogen (secondary N) is 2. The lowest BCUT2D eigenvalue weighted by Gasteiger charge is -2.25. The summed E-state index contributed by atoms with van der Waals surface area (Å²) in [7, 11) is 0. The summed E-state index contributed by atoms with van der Waals surface area (Å²) in [5.41, 5.74) is 4.91. The van der Waals surface area contributed by atoms with E-state index in [1.807, 2.05) is 42.1 Å². The molecule has 0 saturated carbocycles. The molecule has 2 aliphatic heterocycles. The number of aryl methyl sites for hydroxylation is 2. The molecule has 1 atom stereocenters. The molecular weight excluding hydrogens is 456 g/mol. The van der Waals surface area contributed by atoms with E-state index >= 15 is 0 Å². The van der Waals surface area contributed by atoms with Gasteiger partial charge < -0.3 is 19.8 Å². The second kappa shape index (κ2) is 9.14. The number of amides is 1. The van der Waals surface area contributed by atoms with Gasteiger partial charge in [-0.25, -0.2) is 9.97 Å². The number of benzene rings is 1. The van der Waals surface area contributed by atoms with Crippen LogP contribution in [0.1, 0.15) is 48.3 Å². The molecule has 9 nitrogen and oxygen atoms in total. The molecule has 5 heterocycles. The van der Waals surface area contributed by atoms with Crippen molar-refractivity contribution in [2.45, 2.75) is 52.0 Å². The number of carbonyl (C=O) groups is 1. The van der Waals surface area contributed by atoms with Crippen LogP contribution in [0, 0.1) is 6.92 Å². The van der Waals surface area contributed by atoms with Gasteiger partial charge in [-0.05, 0) is 62.1 Å². The lowest BCUT2D eigenvalue weighted by atomic mass is 9.96. The zero-order valence-corrected chi connectivity index (χ0v) is 20.4. The fourth-order valence-electron chi connectivity index (χ4n) is 4.90. The monoisotopic (exact) mass is 484 g/mol. The van der Waals surface area contributed by atoms with E-state index in [1.165, 1.54) is 0 Å². The fraction of sp³-hybridized carbons (Fsp3) is 0.333. The number of carbonyl (C=O) groups excluding carboxylic acids is 1. The van der Waals surface area contributed by atoms with Crippen LogP contribution >= 0.6 is 0 Å². The molecule has 2 N–H and O–H groups in total. The van der Waals surface area contributed by atoms with Crippen LogP contribution in [0.15, 0.2) is 42.7 Å². The summed E-state index contributed by atoms with van der Waals surface area (Å²) < 4.78 is 14.4. The van der Waals surface area contributed by atoms with Crippen molar-refractivity contribution in [3.8, 4) is 28.6 Å². The first-order valence-corrected chi connectivity index (χ1v) is 12.4. The minimum absolute atomic E-state index is 0.0184. The molecule has 4 aromatic rings. The van der Waals surface area contributed by atoms with Crippen LogP contribution in [-0.4, -0.2) is 37.2 Å². The van der Waals surface area contributed by atoms with Crippen molar-refractivity contribution < 1.29 is 14.3 Å². The molecule has 36 heavy (non-hydrogen) atoms. The lowest BCUT2D eigenvalue weighted by molar-refractivity contribution is -0.116. The average molecular weight is 485 g/mol. The van der Waals surface area contributed by atoms with Gasteiger partial charge in [0.15, 0.2) is 0 Å². The Morgan fingerprint density at radius 1 is 1.22 bits per heavy atom. The van der Waals surface area contributed by atoms with Crippen molar-refractivity contribution in [3.05, 3.63) is 65.4 Å². The molecule has 1 amide bonds. The second-order valence-corrected chi connectivity index (χ2v) is 9.33. The smallest absolute Gasteiger partial charge is 0.225 e. The van der Waals surface area contributed by atoms with Crippen LogP contribution < -0.4 is 14.8 Å². The number of H-pyrrole nitrogens is 1. The summed E-state index contributed by atoms with van der Waals surface area (Å²) >= 11 is 0. The lowest BCUT2D eigenvalue weighted by Crippen LogP contribution is -2.20. The molecule has 0 fully saturated rings. The first-order valence-electron chi connectivity index (χ1n) is 12.4. The molecule has 1 unspecified atom stereocenters. The van der Waals surface area contributed by atoms with Crippen LogP contribution in [-0.2, 0) is 24.2 Å². The SMILES string of the molecule is CCCn1nc(C)cc1-c1c[nH]c(C2COc3ccc(Oc4ccnc5c4CCC(=O)N5)cc3C2)n1. The number of anilines is 1. The van der Waals surface area contributed by atoms with Crippen LogP contribution in [0.4, 0.5) is 5.82 Å². The molecular formula is C27H28N6O3. The first kappa shape index (κ1) is 22.3. The van der Waals surface area contributed by atoms with Gasteiger partial charge >= 0.3 is 0 Å². The third kappa shape index (κ3) is 4.21. The number of nitrogens with zero attached hydrogens (tertiary/aromatic N) is 4. The van der Waals surface area contributed by atoms with Gasteiger partial charge in [0.05, 0.1) is 23.9 Å². The highest BCUT2D eigenvalue weighted by Crippen LogP contribution is 2.37. The van der Waals surface area contributed by atoms with Gasteiger partial charge in [-0.2, -0.15) is 5.10 Å². The average Bonchev–Trinajstić information content (AvgIpc) is 3.50. The maximum Gasteiger partial charge on any atom is 0.225 e. The topological polar surface area (TPSA) is 107 Å². The minimum Gasteiger partial charge on any atom is -0.493 e. The van der Waals surface area contributed by atoms with Crippen molar-refractivity contribution in [2.24, 2.45) is 0 Å². The molecule has 0 aliphatic carbocycles. The number of pyridine rings is 1. The number of imidazole rings is 1. The molecule has 1 aromatic carbocycles. The predicted octanol–water partition coefficient (Wildman–Crippen LogP) is 4.78. The van der Waals surface area contributed by atoms with Gasteiger partial charge in [-0.1, -0.05) is 6.92 Å². The van der Waals surface area contributed by atoms with Crippen molar-refractivity contribution in [3.63, 3.8) is 0 Å². The van der Waals surface area contributed by atoms with E-state index in [-0.39, 0.29) is 11.8 Å². The van der Waals surface area contributed by atoms with E-state index in [1.54, 1.807) is 6.20 Å². The number of aromatic amines is 1. The number of hydrogen-bond acceptors (Lipinski definition) is 6. The summed E-state index contributed by atoms with van der Waals surface area (Å²) in [6.45, 7) is 5.57. The molecule has 0 radical (unpaired) electrons. The highest BCUT2D eigenvalue weighted by atomic mass is 16.5. The number of ether oxygens (including phenoxy) is 2. The van der Waals surface area contributed by atoms with E-state index < -0.39 is 0 Å². The molecule has 6 rings (SSSR count). The van der Waals surface area contributed by atoms with Crippen LogP contribution in [0.25, 0.3) is 11.4 Å². The van der Waals surface area contributed by atoms with E-state index in [2.05, 4.69) is 33.4 Å². The molecule has 184 valence electrons. The maximum atomic E-state index is 11.7. The third-order valence-electron chi connectivity index (χ3n) is 6.62. The largest absolute Gasteiger partial charge is 0.493 e. The van der Waals surface area contributed by atoms with Crippen molar-refractivity contribution in [2.75, 3.05) is 11.9 Å². The van der Waals surface area contributed by atoms with Crippen LogP contribution in [0.5, 0.6) is 17.2 Å². The Morgan fingerprint density at radius 3 is 3.03 bits per heavy atom. The Morgan fingerprint density at radius 2 is 2.14 bits per heavy atom. The van der Waals surface area contributed by atoms with Gasteiger partial charge in [-0.15, -0.1) is 0 Å². The normalized spacial score (nSPS) is 16.6. The van der Waals surface area contributed by atoms with Gasteiger partial charge in [0.1, 0.15) is 34.6 Å². The van der Waals surface area contributed by atoms with Gasteiger partial charge in [-0.3, -0.25) is 9.48 Å². The van der Waals surface area contributed by atoms with Crippen molar-refractivity contribution in [1.82, 2.24) is 24.7 Å². The summed E-state index contributed by atoms with van der Waals surface area (Å²) in [5.74, 6) is 3.87. The Kier molecular flexibility index (Phi) is 5.67. The van der Waals surface area contributed by atoms with E-state index in [9.17, 15) is 4.79 Å². The quantitative estimate of drug-likeness (QED) is 0.408. The zero-order valence-electron chi connectivity index (χ0n) is 20.4. The molecule has 0 bridgehead atoms. The molecule has 0 spiro atoms.